The van der Waals surface area contributed by atoms with Crippen molar-refractivity contribution in [3.8, 4) is 0 Å². The van der Waals surface area contributed by atoms with E-state index in [-0.39, 0.29) is 5.56 Å². The molecule has 132 valence electrons. The molecular weight excluding hydrogens is 346 g/mol. The van der Waals surface area contributed by atoms with Crippen LogP contribution in [0, 0.1) is 10.1 Å². The molecule has 0 aliphatic rings. The molecule has 0 heterocycles. The Bertz CT molecular complexity index is 782. The molecule has 0 spiro atoms. The van der Waals surface area contributed by atoms with Gasteiger partial charge in [0.1, 0.15) is 5.60 Å². The van der Waals surface area contributed by atoms with Crippen LogP contribution in [0.25, 0.3) is 0 Å². The highest BCUT2D eigenvalue weighted by Gasteiger charge is 2.26. The zero-order valence-electron chi connectivity index (χ0n) is 12.9. The van der Waals surface area contributed by atoms with Crippen LogP contribution in [-0.2, 0) is 14.9 Å². The number of nitro groups is 1. The smallest absolute Gasteiger partial charge is 0.426 e. The summed E-state index contributed by atoms with van der Waals surface area (Å²) in [6.45, 7) is 4.81. The maximum atomic E-state index is 11.8. The third-order valence-electron chi connectivity index (χ3n) is 2.37. The first kappa shape index (κ1) is 19.3. The number of hydrogen-bond acceptors (Lipinski definition) is 7. The van der Waals surface area contributed by atoms with Crippen molar-refractivity contribution in [2.75, 3.05) is 0 Å². The Morgan fingerprint density at radius 2 is 1.83 bits per heavy atom. The van der Waals surface area contributed by atoms with Crippen LogP contribution in [0.5, 0.6) is 0 Å². The monoisotopic (exact) mass is 361 g/mol. The molecule has 12 heteroatoms. The molecule has 0 aliphatic carbocycles. The number of ether oxygens (including phenoxy) is 1. The van der Waals surface area contributed by atoms with Crippen LogP contribution in [0.3, 0.4) is 0 Å². The number of hydrogen-bond donors (Lipinski definition) is 3. The molecule has 0 unspecified atom stereocenters. The first-order valence-corrected chi connectivity index (χ1v) is 7.80. The van der Waals surface area contributed by atoms with Crippen molar-refractivity contribution in [1.29, 1.82) is 0 Å². The number of amides is 2. The van der Waals surface area contributed by atoms with E-state index in [0.717, 1.165) is 6.07 Å². The number of nitrogens with zero attached hydrogens (tertiary/aromatic N) is 1. The van der Waals surface area contributed by atoms with Crippen molar-refractivity contribution in [3.63, 3.8) is 0 Å². The topological polar surface area (TPSA) is 165 Å². The van der Waals surface area contributed by atoms with Crippen molar-refractivity contribution < 1.29 is 32.2 Å². The van der Waals surface area contributed by atoms with Gasteiger partial charge in [-0.15, -0.1) is 0 Å². The summed E-state index contributed by atoms with van der Waals surface area (Å²) in [6, 6.07) is 2.28. The zero-order valence-corrected chi connectivity index (χ0v) is 13.7. The summed E-state index contributed by atoms with van der Waals surface area (Å²) in [5.41, 5.74) is 1.78. The highest BCUT2D eigenvalue weighted by atomic mass is 32.2. The molecule has 0 saturated carbocycles. The first-order valence-electron chi connectivity index (χ1n) is 6.36. The van der Waals surface area contributed by atoms with Crippen molar-refractivity contribution in [3.05, 3.63) is 33.9 Å². The summed E-state index contributed by atoms with van der Waals surface area (Å²) in [5, 5.41) is 10.9. The molecule has 24 heavy (non-hydrogen) atoms. The lowest BCUT2D eigenvalue weighted by Gasteiger charge is -2.19. The molecule has 1 aromatic rings. The number of carbonyl (C=O) groups excluding carboxylic acids is 2. The van der Waals surface area contributed by atoms with E-state index in [0.29, 0.717) is 12.1 Å². The number of hydrazine groups is 1. The van der Waals surface area contributed by atoms with E-state index < -0.39 is 43.2 Å². The van der Waals surface area contributed by atoms with Gasteiger partial charge >= 0.3 is 16.2 Å². The van der Waals surface area contributed by atoms with Crippen molar-refractivity contribution >= 4 is 27.8 Å². The van der Waals surface area contributed by atoms with Gasteiger partial charge in [0.15, 0.2) is 4.90 Å². The fourth-order valence-electron chi connectivity index (χ4n) is 1.50. The minimum absolute atomic E-state index is 0.315. The lowest BCUT2D eigenvalue weighted by molar-refractivity contribution is -0.387. The van der Waals surface area contributed by atoms with Crippen molar-refractivity contribution in [2.24, 2.45) is 0 Å². The van der Waals surface area contributed by atoms with Crippen LogP contribution in [0.1, 0.15) is 31.1 Å². The first-order chi connectivity index (χ1) is 10.8. The molecule has 1 aromatic carbocycles. The van der Waals surface area contributed by atoms with Crippen LogP contribution in [-0.4, -0.2) is 35.5 Å². The Morgan fingerprint density at radius 3 is 2.29 bits per heavy atom. The SMILES string of the molecule is CC(C)(C)OC(=O)NNC(=O)c1ccc(S(=O)(=O)O)c([N+](=O)[O-])c1. The molecule has 0 aliphatic heterocycles. The van der Waals surface area contributed by atoms with Crippen LogP contribution >= 0.6 is 0 Å². The number of rotatable bonds is 3. The second kappa shape index (κ2) is 6.80. The average Bonchev–Trinajstić information content (AvgIpc) is 2.41. The van der Waals surface area contributed by atoms with E-state index in [1.54, 1.807) is 20.8 Å². The van der Waals surface area contributed by atoms with Crippen LogP contribution in [0.15, 0.2) is 23.1 Å². The molecule has 0 atom stereocenters. The molecule has 0 radical (unpaired) electrons. The van der Waals surface area contributed by atoms with Crippen LogP contribution in [0.4, 0.5) is 10.5 Å². The number of carbonyl (C=O) groups is 2. The minimum atomic E-state index is -4.83. The second-order valence-electron chi connectivity index (χ2n) is 5.50. The molecule has 2 amide bonds. The maximum Gasteiger partial charge on any atom is 0.426 e. The lowest BCUT2D eigenvalue weighted by atomic mass is 10.2. The van der Waals surface area contributed by atoms with Gasteiger partial charge in [-0.3, -0.25) is 24.9 Å². The van der Waals surface area contributed by atoms with Crippen molar-refractivity contribution in [2.45, 2.75) is 31.3 Å². The fraction of sp³-hybridized carbons (Fsp3) is 0.333. The molecule has 11 nitrogen and oxygen atoms in total. The minimum Gasteiger partial charge on any atom is -0.443 e. The van der Waals surface area contributed by atoms with E-state index in [9.17, 15) is 28.1 Å². The highest BCUT2D eigenvalue weighted by Crippen LogP contribution is 2.24. The Balaban J connectivity index is 2.95. The second-order valence-corrected chi connectivity index (χ2v) is 6.89. The summed E-state index contributed by atoms with van der Waals surface area (Å²) in [4.78, 5) is 32.1. The number of nitro benzene ring substituents is 1. The molecular formula is C12H15N3O8S. The van der Waals surface area contributed by atoms with E-state index in [1.807, 2.05) is 10.9 Å². The highest BCUT2D eigenvalue weighted by molar-refractivity contribution is 7.86. The fourth-order valence-corrected chi connectivity index (χ4v) is 2.14. The number of nitrogens with one attached hydrogen (secondary N) is 2. The summed E-state index contributed by atoms with van der Waals surface area (Å²) in [5.74, 6) is -0.953. The summed E-state index contributed by atoms with van der Waals surface area (Å²) in [6.07, 6.45) is -0.958. The van der Waals surface area contributed by atoms with E-state index in [4.69, 9.17) is 9.29 Å². The predicted octanol–water partition coefficient (Wildman–Crippen LogP) is 1.01. The van der Waals surface area contributed by atoms with Gasteiger partial charge in [-0.1, -0.05) is 0 Å². The third kappa shape index (κ3) is 5.48. The van der Waals surface area contributed by atoms with Gasteiger partial charge in [-0.25, -0.2) is 10.2 Å². The predicted molar refractivity (Wildman–Crippen MR) is 79.7 cm³/mol. The van der Waals surface area contributed by atoms with Gasteiger partial charge in [-0.05, 0) is 32.9 Å². The van der Waals surface area contributed by atoms with Gasteiger partial charge in [-0.2, -0.15) is 8.42 Å². The van der Waals surface area contributed by atoms with E-state index in [2.05, 4.69) is 0 Å². The van der Waals surface area contributed by atoms with Gasteiger partial charge in [0.05, 0.1) is 4.92 Å². The average molecular weight is 361 g/mol. The molecule has 0 saturated heterocycles. The van der Waals surface area contributed by atoms with Crippen LogP contribution in [0.2, 0.25) is 0 Å². The molecule has 0 fully saturated rings. The summed E-state index contributed by atoms with van der Waals surface area (Å²) in [7, 11) is -4.83. The van der Waals surface area contributed by atoms with E-state index in [1.165, 1.54) is 0 Å². The summed E-state index contributed by atoms with van der Waals surface area (Å²) < 4.78 is 35.9. The largest absolute Gasteiger partial charge is 0.443 e. The van der Waals surface area contributed by atoms with Crippen molar-refractivity contribution in [1.82, 2.24) is 10.9 Å². The molecule has 1 rings (SSSR count). The van der Waals surface area contributed by atoms with Gasteiger partial charge < -0.3 is 4.74 Å². The number of benzene rings is 1. The summed E-state index contributed by atoms with van der Waals surface area (Å²) >= 11 is 0. The van der Waals surface area contributed by atoms with Crippen LogP contribution < -0.4 is 10.9 Å². The quantitative estimate of drug-likeness (QED) is 0.407. The van der Waals surface area contributed by atoms with E-state index >= 15 is 0 Å². The van der Waals surface area contributed by atoms with Gasteiger partial charge in [0.25, 0.3) is 11.6 Å². The molecule has 0 bridgehead atoms. The molecule has 0 aromatic heterocycles. The Labute approximate surface area is 136 Å². The Kier molecular flexibility index (Phi) is 5.47. The normalized spacial score (nSPS) is 11.5. The molecule has 3 N–H and O–H groups in total. The maximum absolute atomic E-state index is 11.8. The zero-order chi connectivity index (χ0) is 18.7. The standard InChI is InChI=1S/C12H15N3O8S/c1-12(2,3)23-11(17)14-13-10(16)7-4-5-9(24(20,21)22)8(6-7)15(18)19/h4-6H,1-3H3,(H,13,16)(H,14,17)(H,20,21,22). The van der Waals surface area contributed by atoms with Gasteiger partial charge in [0, 0.05) is 11.6 Å². The Morgan fingerprint density at radius 1 is 1.25 bits per heavy atom. The Hall–Kier alpha value is -2.73. The van der Waals surface area contributed by atoms with Gasteiger partial charge in [0.2, 0.25) is 0 Å². The lowest BCUT2D eigenvalue weighted by Crippen LogP contribution is -2.44. The third-order valence-corrected chi connectivity index (χ3v) is 3.27.